The van der Waals surface area contributed by atoms with Gasteiger partial charge in [-0.2, -0.15) is 0 Å². The SMILES string of the molecule is NC1(Cc2cccc(Cl)c2F)CCCOC1. The Labute approximate surface area is 99.5 Å². The highest BCUT2D eigenvalue weighted by molar-refractivity contribution is 6.30. The lowest BCUT2D eigenvalue weighted by molar-refractivity contribution is 0.0379. The first kappa shape index (κ1) is 11.8. The minimum atomic E-state index is -0.455. The lowest BCUT2D eigenvalue weighted by Crippen LogP contribution is -2.49. The molecule has 0 amide bonds. The van der Waals surface area contributed by atoms with Crippen LogP contribution < -0.4 is 5.73 Å². The first-order valence-electron chi connectivity index (χ1n) is 5.40. The molecule has 1 heterocycles. The first-order chi connectivity index (χ1) is 7.61. The van der Waals surface area contributed by atoms with E-state index in [4.69, 9.17) is 22.1 Å². The molecule has 1 fully saturated rings. The fourth-order valence-corrected chi connectivity index (χ4v) is 2.27. The Kier molecular flexibility index (Phi) is 3.47. The van der Waals surface area contributed by atoms with Crippen molar-refractivity contribution >= 4 is 11.6 Å². The molecule has 2 rings (SSSR count). The number of ether oxygens (including phenoxy) is 1. The van der Waals surface area contributed by atoms with Gasteiger partial charge in [0.15, 0.2) is 0 Å². The van der Waals surface area contributed by atoms with E-state index in [9.17, 15) is 4.39 Å². The Morgan fingerprint density at radius 2 is 2.31 bits per heavy atom. The zero-order valence-electron chi connectivity index (χ0n) is 9.01. The molecule has 1 aromatic carbocycles. The van der Waals surface area contributed by atoms with Gasteiger partial charge in [0.2, 0.25) is 0 Å². The van der Waals surface area contributed by atoms with Crippen LogP contribution in [0.3, 0.4) is 0 Å². The van der Waals surface area contributed by atoms with Crippen LogP contribution in [-0.2, 0) is 11.2 Å². The Bertz CT molecular complexity index is 377. The van der Waals surface area contributed by atoms with E-state index in [1.807, 2.05) is 0 Å². The van der Waals surface area contributed by atoms with Gasteiger partial charge in [0.25, 0.3) is 0 Å². The topological polar surface area (TPSA) is 35.2 Å². The maximum absolute atomic E-state index is 13.7. The summed E-state index contributed by atoms with van der Waals surface area (Å²) in [5.41, 5.74) is 6.29. The molecule has 2 nitrogen and oxygen atoms in total. The Morgan fingerprint density at radius 1 is 1.50 bits per heavy atom. The number of halogens is 2. The molecule has 88 valence electrons. The summed E-state index contributed by atoms with van der Waals surface area (Å²) in [6, 6.07) is 5.01. The molecule has 0 aromatic heterocycles. The molecule has 2 N–H and O–H groups in total. The van der Waals surface area contributed by atoms with Gasteiger partial charge in [-0.3, -0.25) is 0 Å². The van der Waals surface area contributed by atoms with Crippen molar-refractivity contribution in [2.24, 2.45) is 5.73 Å². The molecule has 0 spiro atoms. The van der Waals surface area contributed by atoms with Gasteiger partial charge in [0, 0.05) is 12.1 Å². The first-order valence-corrected chi connectivity index (χ1v) is 5.78. The maximum atomic E-state index is 13.7. The number of hydrogen-bond donors (Lipinski definition) is 1. The molecule has 1 aliphatic rings. The molecule has 0 bridgehead atoms. The summed E-state index contributed by atoms with van der Waals surface area (Å²) in [4.78, 5) is 0. The summed E-state index contributed by atoms with van der Waals surface area (Å²) in [7, 11) is 0. The van der Waals surface area contributed by atoms with Crippen molar-refractivity contribution in [3.8, 4) is 0 Å². The van der Waals surface area contributed by atoms with Gasteiger partial charge in [-0.25, -0.2) is 4.39 Å². The van der Waals surface area contributed by atoms with Crippen LogP contribution in [-0.4, -0.2) is 18.8 Å². The zero-order chi connectivity index (χ0) is 11.6. The highest BCUT2D eigenvalue weighted by atomic mass is 35.5. The lowest BCUT2D eigenvalue weighted by atomic mass is 9.86. The van der Waals surface area contributed by atoms with Gasteiger partial charge in [-0.05, 0) is 30.9 Å². The average molecular weight is 244 g/mol. The van der Waals surface area contributed by atoms with Gasteiger partial charge in [0.1, 0.15) is 5.82 Å². The van der Waals surface area contributed by atoms with E-state index in [2.05, 4.69) is 0 Å². The quantitative estimate of drug-likeness (QED) is 0.866. The Hall–Kier alpha value is -0.640. The van der Waals surface area contributed by atoms with Crippen molar-refractivity contribution in [1.82, 2.24) is 0 Å². The highest BCUT2D eigenvalue weighted by Crippen LogP contribution is 2.25. The van der Waals surface area contributed by atoms with Crippen LogP contribution in [0.2, 0.25) is 5.02 Å². The molecule has 1 unspecified atom stereocenters. The Balaban J connectivity index is 2.16. The minimum Gasteiger partial charge on any atom is -0.380 e. The molecule has 0 aliphatic carbocycles. The number of nitrogens with two attached hydrogens (primary N) is 1. The second-order valence-electron chi connectivity index (χ2n) is 4.41. The van der Waals surface area contributed by atoms with Gasteiger partial charge < -0.3 is 10.5 Å². The van der Waals surface area contributed by atoms with Gasteiger partial charge in [-0.1, -0.05) is 23.7 Å². The molecular formula is C12H15ClFNO. The zero-order valence-corrected chi connectivity index (χ0v) is 9.77. The van der Waals surface area contributed by atoms with Crippen LogP contribution in [0.5, 0.6) is 0 Å². The van der Waals surface area contributed by atoms with Crippen molar-refractivity contribution in [1.29, 1.82) is 0 Å². The number of hydrogen-bond acceptors (Lipinski definition) is 2. The van der Waals surface area contributed by atoms with Crippen LogP contribution in [0, 0.1) is 5.82 Å². The van der Waals surface area contributed by atoms with Gasteiger partial charge in [0.05, 0.1) is 11.6 Å². The van der Waals surface area contributed by atoms with Crippen LogP contribution in [0.25, 0.3) is 0 Å². The fraction of sp³-hybridized carbons (Fsp3) is 0.500. The highest BCUT2D eigenvalue weighted by Gasteiger charge is 2.29. The second kappa shape index (κ2) is 4.70. The lowest BCUT2D eigenvalue weighted by Gasteiger charge is -2.33. The fourth-order valence-electron chi connectivity index (χ4n) is 2.08. The summed E-state index contributed by atoms with van der Waals surface area (Å²) in [5.74, 6) is -0.362. The van der Waals surface area contributed by atoms with Crippen molar-refractivity contribution in [2.75, 3.05) is 13.2 Å². The number of benzene rings is 1. The van der Waals surface area contributed by atoms with Crippen LogP contribution in [0.1, 0.15) is 18.4 Å². The van der Waals surface area contributed by atoms with E-state index in [0.717, 1.165) is 19.4 Å². The molecule has 0 radical (unpaired) electrons. The summed E-state index contributed by atoms with van der Waals surface area (Å²) >= 11 is 5.73. The Morgan fingerprint density at radius 3 is 3.00 bits per heavy atom. The normalized spacial score (nSPS) is 25.7. The largest absolute Gasteiger partial charge is 0.380 e. The molecule has 1 aromatic rings. The molecule has 0 saturated carbocycles. The van der Waals surface area contributed by atoms with Crippen LogP contribution in [0.15, 0.2) is 18.2 Å². The van der Waals surface area contributed by atoms with Crippen molar-refractivity contribution < 1.29 is 9.13 Å². The van der Waals surface area contributed by atoms with E-state index in [-0.39, 0.29) is 10.8 Å². The standard InChI is InChI=1S/C12H15ClFNO/c13-10-4-1-3-9(11(10)14)7-12(15)5-2-6-16-8-12/h1,3-4H,2,5-8,15H2. The molecule has 1 saturated heterocycles. The summed E-state index contributed by atoms with van der Waals surface area (Å²) in [5, 5.41) is 0.151. The molecule has 4 heteroatoms. The van der Waals surface area contributed by atoms with E-state index in [0.29, 0.717) is 18.6 Å². The van der Waals surface area contributed by atoms with E-state index in [1.165, 1.54) is 0 Å². The van der Waals surface area contributed by atoms with Gasteiger partial charge in [-0.15, -0.1) is 0 Å². The van der Waals surface area contributed by atoms with E-state index in [1.54, 1.807) is 18.2 Å². The summed E-state index contributed by atoms with van der Waals surface area (Å²) in [6.07, 6.45) is 2.26. The second-order valence-corrected chi connectivity index (χ2v) is 4.82. The summed E-state index contributed by atoms with van der Waals surface area (Å²) < 4.78 is 19.0. The molecule has 16 heavy (non-hydrogen) atoms. The van der Waals surface area contributed by atoms with Crippen LogP contribution in [0.4, 0.5) is 4.39 Å². The monoisotopic (exact) mass is 243 g/mol. The predicted octanol–water partition coefficient (Wildman–Crippen LogP) is 2.53. The molecular weight excluding hydrogens is 229 g/mol. The molecule has 1 atom stereocenters. The van der Waals surface area contributed by atoms with E-state index < -0.39 is 5.54 Å². The number of rotatable bonds is 2. The third-order valence-electron chi connectivity index (χ3n) is 2.93. The molecule has 1 aliphatic heterocycles. The van der Waals surface area contributed by atoms with Crippen molar-refractivity contribution in [2.45, 2.75) is 24.8 Å². The third kappa shape index (κ3) is 2.54. The predicted molar refractivity (Wildman–Crippen MR) is 62.1 cm³/mol. The third-order valence-corrected chi connectivity index (χ3v) is 3.22. The summed E-state index contributed by atoms with van der Waals surface area (Å²) in [6.45, 7) is 1.23. The van der Waals surface area contributed by atoms with Crippen molar-refractivity contribution in [3.63, 3.8) is 0 Å². The van der Waals surface area contributed by atoms with Crippen molar-refractivity contribution in [3.05, 3.63) is 34.6 Å². The van der Waals surface area contributed by atoms with E-state index >= 15 is 0 Å². The smallest absolute Gasteiger partial charge is 0.145 e. The van der Waals surface area contributed by atoms with Crippen LogP contribution >= 0.6 is 11.6 Å². The maximum Gasteiger partial charge on any atom is 0.145 e. The van der Waals surface area contributed by atoms with Gasteiger partial charge >= 0.3 is 0 Å². The minimum absolute atomic E-state index is 0.151. The average Bonchev–Trinajstić information content (AvgIpc) is 2.26.